The van der Waals surface area contributed by atoms with Crippen LogP contribution in [0.15, 0.2) is 30.3 Å². The SMILES string of the molecule is Cc1cc(C(=O)COC(=O)CCNC(=O)c2ccc([N+](=O)[O-])cc2)c(C)n1C(C)C. The van der Waals surface area contributed by atoms with E-state index in [2.05, 4.69) is 5.32 Å². The zero-order valence-corrected chi connectivity index (χ0v) is 17.4. The van der Waals surface area contributed by atoms with Gasteiger partial charge in [-0.2, -0.15) is 0 Å². The number of amides is 1. The Bertz CT molecular complexity index is 960. The Morgan fingerprint density at radius 1 is 1.17 bits per heavy atom. The van der Waals surface area contributed by atoms with Crippen LogP contribution in [-0.2, 0) is 9.53 Å². The molecule has 0 fully saturated rings. The minimum atomic E-state index is -0.606. The van der Waals surface area contributed by atoms with Crippen molar-refractivity contribution in [1.29, 1.82) is 0 Å². The van der Waals surface area contributed by atoms with Gasteiger partial charge in [0.15, 0.2) is 6.61 Å². The number of hydrogen-bond donors (Lipinski definition) is 1. The number of non-ortho nitro benzene ring substituents is 1. The van der Waals surface area contributed by atoms with E-state index in [0.29, 0.717) is 5.56 Å². The van der Waals surface area contributed by atoms with Crippen molar-refractivity contribution >= 4 is 23.3 Å². The molecule has 160 valence electrons. The Labute approximate surface area is 174 Å². The lowest BCUT2D eigenvalue weighted by atomic mass is 10.1. The average molecular weight is 415 g/mol. The van der Waals surface area contributed by atoms with Crippen LogP contribution in [0.2, 0.25) is 0 Å². The molecule has 30 heavy (non-hydrogen) atoms. The normalized spacial score (nSPS) is 10.7. The number of nitrogens with zero attached hydrogens (tertiary/aromatic N) is 2. The number of ether oxygens (including phenoxy) is 1. The number of nitro benzene ring substituents is 1. The molecule has 0 aliphatic heterocycles. The molecule has 0 atom stereocenters. The first-order valence-electron chi connectivity index (χ1n) is 9.51. The van der Waals surface area contributed by atoms with Crippen LogP contribution in [0.3, 0.4) is 0 Å². The van der Waals surface area contributed by atoms with Crippen molar-refractivity contribution in [2.24, 2.45) is 0 Å². The van der Waals surface area contributed by atoms with Crippen LogP contribution in [0.4, 0.5) is 5.69 Å². The van der Waals surface area contributed by atoms with E-state index in [0.717, 1.165) is 11.4 Å². The lowest BCUT2D eigenvalue weighted by Gasteiger charge is -2.13. The number of carbonyl (C=O) groups excluding carboxylic acids is 3. The molecule has 0 unspecified atom stereocenters. The summed E-state index contributed by atoms with van der Waals surface area (Å²) in [6.07, 6.45) is -0.100. The predicted molar refractivity (Wildman–Crippen MR) is 110 cm³/mol. The molecule has 1 amide bonds. The van der Waals surface area contributed by atoms with E-state index in [1.807, 2.05) is 32.3 Å². The molecular formula is C21H25N3O6. The van der Waals surface area contributed by atoms with Gasteiger partial charge in [0.25, 0.3) is 11.6 Å². The van der Waals surface area contributed by atoms with Gasteiger partial charge in [-0.1, -0.05) is 0 Å². The summed E-state index contributed by atoms with van der Waals surface area (Å²) in [6.45, 7) is 7.49. The highest BCUT2D eigenvalue weighted by Crippen LogP contribution is 2.20. The summed E-state index contributed by atoms with van der Waals surface area (Å²) in [4.78, 5) is 46.3. The second-order valence-corrected chi connectivity index (χ2v) is 7.14. The van der Waals surface area contributed by atoms with Crippen LogP contribution in [0.25, 0.3) is 0 Å². The third-order valence-corrected chi connectivity index (χ3v) is 4.62. The summed E-state index contributed by atoms with van der Waals surface area (Å²) in [5.74, 6) is -1.35. The van der Waals surface area contributed by atoms with Gasteiger partial charge in [-0.05, 0) is 45.9 Å². The van der Waals surface area contributed by atoms with Crippen LogP contribution in [0, 0.1) is 24.0 Å². The molecule has 0 aliphatic rings. The number of aromatic nitrogens is 1. The van der Waals surface area contributed by atoms with E-state index in [9.17, 15) is 24.5 Å². The quantitative estimate of drug-likeness (QED) is 0.291. The van der Waals surface area contributed by atoms with Gasteiger partial charge in [0.1, 0.15) is 0 Å². The maximum Gasteiger partial charge on any atom is 0.308 e. The number of ketones is 1. The summed E-state index contributed by atoms with van der Waals surface area (Å²) in [5, 5.41) is 13.2. The fourth-order valence-electron chi connectivity index (χ4n) is 3.26. The summed E-state index contributed by atoms with van der Waals surface area (Å²) in [5.41, 5.74) is 2.45. The summed E-state index contributed by atoms with van der Waals surface area (Å²) < 4.78 is 7.07. The van der Waals surface area contributed by atoms with Crippen molar-refractivity contribution < 1.29 is 24.0 Å². The number of hydrogen-bond acceptors (Lipinski definition) is 6. The van der Waals surface area contributed by atoms with Crippen molar-refractivity contribution in [3.63, 3.8) is 0 Å². The second kappa shape index (κ2) is 9.82. The standard InChI is InChI=1S/C21H25N3O6/c1-13(2)23-14(3)11-18(15(23)4)19(25)12-30-20(26)9-10-22-21(27)16-5-7-17(8-6-16)24(28)29/h5-8,11,13H,9-10,12H2,1-4H3,(H,22,27). The highest BCUT2D eigenvalue weighted by Gasteiger charge is 2.18. The number of nitro groups is 1. The first-order chi connectivity index (χ1) is 14.1. The molecular weight excluding hydrogens is 390 g/mol. The third kappa shape index (κ3) is 5.53. The van der Waals surface area contributed by atoms with Gasteiger partial charge in [-0.15, -0.1) is 0 Å². The van der Waals surface area contributed by atoms with Crippen molar-refractivity contribution in [2.45, 2.75) is 40.2 Å². The highest BCUT2D eigenvalue weighted by atomic mass is 16.6. The van der Waals surface area contributed by atoms with Crippen LogP contribution in [0.1, 0.15) is 58.4 Å². The van der Waals surface area contributed by atoms with Gasteiger partial charge in [0, 0.05) is 47.2 Å². The molecule has 9 heteroatoms. The number of esters is 1. The molecule has 2 rings (SSSR count). The monoisotopic (exact) mass is 415 g/mol. The second-order valence-electron chi connectivity index (χ2n) is 7.14. The molecule has 1 heterocycles. The average Bonchev–Trinajstić information content (AvgIpc) is 3.00. The molecule has 0 aliphatic carbocycles. The van der Waals surface area contributed by atoms with Crippen LogP contribution >= 0.6 is 0 Å². The topological polar surface area (TPSA) is 121 Å². The third-order valence-electron chi connectivity index (χ3n) is 4.62. The van der Waals surface area contributed by atoms with Crippen molar-refractivity contribution in [3.8, 4) is 0 Å². The van der Waals surface area contributed by atoms with Gasteiger partial charge >= 0.3 is 5.97 Å². The predicted octanol–water partition coefficient (Wildman–Crippen LogP) is 3.14. The molecule has 1 N–H and O–H groups in total. The number of benzene rings is 1. The molecule has 1 aromatic carbocycles. The van der Waals surface area contributed by atoms with E-state index in [1.54, 1.807) is 6.07 Å². The smallest absolute Gasteiger partial charge is 0.308 e. The lowest BCUT2D eigenvalue weighted by Crippen LogP contribution is -2.27. The summed E-state index contributed by atoms with van der Waals surface area (Å²) >= 11 is 0. The van der Waals surface area contributed by atoms with Gasteiger partial charge in [0.2, 0.25) is 5.78 Å². The number of rotatable bonds is 9. The Balaban J connectivity index is 1.80. The summed E-state index contributed by atoms with van der Waals surface area (Å²) in [7, 11) is 0. The van der Waals surface area contributed by atoms with Crippen molar-refractivity contribution in [3.05, 3.63) is 63.0 Å². The number of aryl methyl sites for hydroxylation is 1. The largest absolute Gasteiger partial charge is 0.457 e. The molecule has 0 saturated heterocycles. The molecule has 0 spiro atoms. The lowest BCUT2D eigenvalue weighted by molar-refractivity contribution is -0.384. The van der Waals surface area contributed by atoms with E-state index in [-0.39, 0.29) is 42.6 Å². The Morgan fingerprint density at radius 2 is 1.80 bits per heavy atom. The van der Waals surface area contributed by atoms with Crippen LogP contribution < -0.4 is 5.32 Å². The Hall–Kier alpha value is -3.49. The van der Waals surface area contributed by atoms with E-state index in [4.69, 9.17) is 4.74 Å². The fraction of sp³-hybridized carbons (Fsp3) is 0.381. The van der Waals surface area contributed by atoms with E-state index < -0.39 is 16.8 Å². The molecule has 0 radical (unpaired) electrons. The van der Waals surface area contributed by atoms with E-state index in [1.165, 1.54) is 24.3 Å². The van der Waals surface area contributed by atoms with Gasteiger partial charge < -0.3 is 14.6 Å². The minimum absolute atomic E-state index is 0.0186. The molecule has 0 bridgehead atoms. The van der Waals surface area contributed by atoms with Crippen molar-refractivity contribution in [1.82, 2.24) is 9.88 Å². The first-order valence-corrected chi connectivity index (χ1v) is 9.51. The molecule has 0 saturated carbocycles. The van der Waals surface area contributed by atoms with Crippen molar-refractivity contribution in [2.75, 3.05) is 13.2 Å². The first kappa shape index (κ1) is 22.8. The number of Topliss-reactive ketones (excluding diaryl/α,β-unsaturated/α-hetero) is 1. The maximum atomic E-state index is 12.4. The van der Waals surface area contributed by atoms with Crippen LogP contribution in [0.5, 0.6) is 0 Å². The molecule has 9 nitrogen and oxygen atoms in total. The zero-order valence-electron chi connectivity index (χ0n) is 17.4. The van der Waals surface area contributed by atoms with Gasteiger partial charge in [-0.25, -0.2) is 0 Å². The summed E-state index contributed by atoms with van der Waals surface area (Å²) in [6, 6.07) is 7.12. The molecule has 1 aromatic heterocycles. The maximum absolute atomic E-state index is 12.4. The van der Waals surface area contributed by atoms with E-state index >= 15 is 0 Å². The fourth-order valence-corrected chi connectivity index (χ4v) is 3.26. The number of carbonyl (C=O) groups is 3. The van der Waals surface area contributed by atoms with Gasteiger partial charge in [0.05, 0.1) is 11.3 Å². The Morgan fingerprint density at radius 3 is 2.33 bits per heavy atom. The highest BCUT2D eigenvalue weighted by molar-refractivity contribution is 5.99. The van der Waals surface area contributed by atoms with Gasteiger partial charge in [-0.3, -0.25) is 24.5 Å². The minimum Gasteiger partial charge on any atom is -0.457 e. The zero-order chi connectivity index (χ0) is 22.4. The Kier molecular flexibility index (Phi) is 7.46. The van der Waals surface area contributed by atoms with Crippen LogP contribution in [-0.4, -0.2) is 40.3 Å². The molecule has 2 aromatic rings. The number of nitrogens with one attached hydrogen (secondary N) is 1.